The van der Waals surface area contributed by atoms with Crippen molar-refractivity contribution in [2.24, 2.45) is 0 Å². The van der Waals surface area contributed by atoms with Gasteiger partial charge in [0.15, 0.2) is 0 Å². The van der Waals surface area contributed by atoms with E-state index in [2.05, 4.69) is 11.9 Å². The molecule has 4 heteroatoms. The van der Waals surface area contributed by atoms with Gasteiger partial charge in [-0.3, -0.25) is 4.79 Å². The maximum Gasteiger partial charge on any atom is 0.251 e. The quantitative estimate of drug-likeness (QED) is 0.737. The van der Waals surface area contributed by atoms with E-state index in [1.807, 2.05) is 30.3 Å². The number of para-hydroxylation sites is 1. The number of hydrogen-bond donors (Lipinski definition) is 2. The summed E-state index contributed by atoms with van der Waals surface area (Å²) in [5.74, 6) is 0.512. The highest BCUT2D eigenvalue weighted by atomic mass is 16.5. The summed E-state index contributed by atoms with van der Waals surface area (Å²) in [7, 11) is 0. The molecule has 2 aromatic carbocycles. The van der Waals surface area contributed by atoms with Gasteiger partial charge in [0.1, 0.15) is 18.5 Å². The van der Waals surface area contributed by atoms with E-state index >= 15 is 0 Å². The third-order valence-electron chi connectivity index (χ3n) is 3.30. The van der Waals surface area contributed by atoms with Crippen LogP contribution in [0.1, 0.15) is 15.9 Å². The number of hydrogen-bond acceptors (Lipinski definition) is 3. The lowest BCUT2D eigenvalue weighted by molar-refractivity contribution is 0.0842. The topological polar surface area (TPSA) is 58.6 Å². The van der Waals surface area contributed by atoms with E-state index in [0.29, 0.717) is 12.0 Å². The third kappa shape index (κ3) is 5.27. The molecule has 0 saturated carbocycles. The van der Waals surface area contributed by atoms with E-state index in [0.717, 1.165) is 11.3 Å². The van der Waals surface area contributed by atoms with E-state index in [4.69, 9.17) is 4.74 Å². The zero-order valence-corrected chi connectivity index (χ0v) is 12.9. The van der Waals surface area contributed by atoms with Gasteiger partial charge in [0, 0.05) is 12.1 Å². The molecule has 0 bridgehead atoms. The van der Waals surface area contributed by atoms with E-state index in [1.165, 1.54) is 0 Å². The van der Waals surface area contributed by atoms with Crippen LogP contribution in [0, 0.1) is 0 Å². The van der Waals surface area contributed by atoms with Crippen molar-refractivity contribution < 1.29 is 14.6 Å². The minimum Gasteiger partial charge on any atom is -0.491 e. The lowest BCUT2D eigenvalue weighted by atomic mass is 10.1. The molecular formula is C19H21NO3. The van der Waals surface area contributed by atoms with Gasteiger partial charge in [-0.05, 0) is 30.2 Å². The van der Waals surface area contributed by atoms with Gasteiger partial charge in [0.05, 0.1) is 0 Å². The minimum absolute atomic E-state index is 0.114. The molecule has 0 aliphatic rings. The lowest BCUT2D eigenvalue weighted by Crippen LogP contribution is -2.35. The molecule has 0 aliphatic heterocycles. The summed E-state index contributed by atoms with van der Waals surface area (Å²) in [5.41, 5.74) is 1.58. The predicted molar refractivity (Wildman–Crippen MR) is 90.6 cm³/mol. The van der Waals surface area contributed by atoms with Crippen LogP contribution >= 0.6 is 0 Å². The van der Waals surface area contributed by atoms with Gasteiger partial charge in [-0.1, -0.05) is 42.5 Å². The Balaban J connectivity index is 1.80. The zero-order chi connectivity index (χ0) is 16.5. The largest absolute Gasteiger partial charge is 0.491 e. The van der Waals surface area contributed by atoms with Crippen LogP contribution in [0.25, 0.3) is 0 Å². The second kappa shape index (κ2) is 8.76. The SMILES string of the molecule is C=CCc1ccccc1OCC(O)CNC(=O)c1ccccc1. The van der Waals surface area contributed by atoms with Crippen LogP contribution in [-0.2, 0) is 6.42 Å². The van der Waals surface area contributed by atoms with Crippen molar-refractivity contribution in [3.8, 4) is 5.75 Å². The monoisotopic (exact) mass is 311 g/mol. The minimum atomic E-state index is -0.778. The van der Waals surface area contributed by atoms with Crippen molar-refractivity contribution in [2.45, 2.75) is 12.5 Å². The summed E-state index contributed by atoms with van der Waals surface area (Å²) < 4.78 is 5.64. The first-order valence-electron chi connectivity index (χ1n) is 7.53. The van der Waals surface area contributed by atoms with E-state index in [-0.39, 0.29) is 19.1 Å². The summed E-state index contributed by atoms with van der Waals surface area (Å²) in [6.07, 6.45) is 1.73. The molecule has 0 aromatic heterocycles. The molecule has 0 heterocycles. The maximum absolute atomic E-state index is 11.9. The Hall–Kier alpha value is -2.59. The lowest BCUT2D eigenvalue weighted by Gasteiger charge is -2.15. The fourth-order valence-electron chi connectivity index (χ4n) is 2.12. The van der Waals surface area contributed by atoms with Crippen molar-refractivity contribution in [1.82, 2.24) is 5.32 Å². The molecule has 1 unspecified atom stereocenters. The fourth-order valence-corrected chi connectivity index (χ4v) is 2.12. The van der Waals surface area contributed by atoms with Crippen LogP contribution in [0.2, 0.25) is 0 Å². The first-order valence-corrected chi connectivity index (χ1v) is 7.53. The molecule has 0 spiro atoms. The molecule has 0 radical (unpaired) electrons. The normalized spacial score (nSPS) is 11.5. The molecule has 1 atom stereocenters. The second-order valence-corrected chi connectivity index (χ2v) is 5.14. The molecule has 2 rings (SSSR count). The predicted octanol–water partition coefficient (Wildman–Crippen LogP) is 2.58. The zero-order valence-electron chi connectivity index (χ0n) is 12.9. The number of allylic oxidation sites excluding steroid dienone is 1. The third-order valence-corrected chi connectivity index (χ3v) is 3.30. The van der Waals surface area contributed by atoms with Crippen molar-refractivity contribution >= 4 is 5.91 Å². The van der Waals surface area contributed by atoms with E-state index in [9.17, 15) is 9.90 Å². The highest BCUT2D eigenvalue weighted by Gasteiger charge is 2.10. The highest BCUT2D eigenvalue weighted by Crippen LogP contribution is 2.18. The Morgan fingerprint density at radius 3 is 2.61 bits per heavy atom. The van der Waals surface area contributed by atoms with E-state index in [1.54, 1.807) is 30.3 Å². The Morgan fingerprint density at radius 2 is 1.87 bits per heavy atom. The van der Waals surface area contributed by atoms with Crippen LogP contribution in [0.3, 0.4) is 0 Å². The number of amides is 1. The number of rotatable bonds is 8. The molecule has 23 heavy (non-hydrogen) atoms. The average Bonchev–Trinajstić information content (AvgIpc) is 2.60. The molecule has 2 N–H and O–H groups in total. The van der Waals surface area contributed by atoms with Crippen LogP contribution in [-0.4, -0.2) is 30.3 Å². The molecule has 4 nitrogen and oxygen atoms in total. The summed E-state index contributed by atoms with van der Waals surface area (Å²) in [6, 6.07) is 16.5. The van der Waals surface area contributed by atoms with Crippen molar-refractivity contribution in [3.63, 3.8) is 0 Å². The summed E-state index contributed by atoms with van der Waals surface area (Å²) in [5, 5.41) is 12.7. The van der Waals surface area contributed by atoms with E-state index < -0.39 is 6.10 Å². The van der Waals surface area contributed by atoms with Crippen LogP contribution in [0.15, 0.2) is 67.3 Å². The molecule has 120 valence electrons. The van der Waals surface area contributed by atoms with Crippen molar-refractivity contribution in [2.75, 3.05) is 13.2 Å². The van der Waals surface area contributed by atoms with Crippen LogP contribution in [0.5, 0.6) is 5.75 Å². The summed E-state index contributed by atoms with van der Waals surface area (Å²) in [6.45, 7) is 3.97. The molecule has 0 aliphatic carbocycles. The first kappa shape index (κ1) is 16.8. The number of carbonyl (C=O) groups is 1. The number of benzene rings is 2. The molecule has 0 fully saturated rings. The number of aliphatic hydroxyl groups excluding tert-OH is 1. The molecule has 0 saturated heterocycles. The van der Waals surface area contributed by atoms with Gasteiger partial charge in [0.25, 0.3) is 5.91 Å². The Bertz CT molecular complexity index is 640. The number of nitrogens with one attached hydrogen (secondary N) is 1. The van der Waals surface area contributed by atoms with Crippen LogP contribution in [0.4, 0.5) is 0 Å². The molecule has 2 aromatic rings. The van der Waals surface area contributed by atoms with Gasteiger partial charge >= 0.3 is 0 Å². The van der Waals surface area contributed by atoms with Gasteiger partial charge in [0.2, 0.25) is 0 Å². The smallest absolute Gasteiger partial charge is 0.251 e. The standard InChI is InChI=1S/C19H21NO3/c1-2-8-15-9-6-7-12-18(15)23-14-17(21)13-20-19(22)16-10-4-3-5-11-16/h2-7,9-12,17,21H,1,8,13-14H2,(H,20,22). The summed E-state index contributed by atoms with van der Waals surface area (Å²) in [4.78, 5) is 11.9. The Morgan fingerprint density at radius 1 is 1.17 bits per heavy atom. The van der Waals surface area contributed by atoms with Gasteiger partial charge < -0.3 is 15.2 Å². The summed E-state index contributed by atoms with van der Waals surface area (Å²) >= 11 is 0. The Labute approximate surface area is 136 Å². The first-order chi connectivity index (χ1) is 11.2. The average molecular weight is 311 g/mol. The number of aliphatic hydroxyl groups is 1. The van der Waals surface area contributed by atoms with Gasteiger partial charge in [-0.25, -0.2) is 0 Å². The fraction of sp³-hybridized carbons (Fsp3) is 0.211. The number of ether oxygens (including phenoxy) is 1. The van der Waals surface area contributed by atoms with Gasteiger partial charge in [-0.2, -0.15) is 0 Å². The highest BCUT2D eigenvalue weighted by molar-refractivity contribution is 5.94. The molecular weight excluding hydrogens is 290 g/mol. The molecule has 1 amide bonds. The maximum atomic E-state index is 11.9. The van der Waals surface area contributed by atoms with Crippen LogP contribution < -0.4 is 10.1 Å². The second-order valence-electron chi connectivity index (χ2n) is 5.14. The number of carbonyl (C=O) groups excluding carboxylic acids is 1. The van der Waals surface area contributed by atoms with Gasteiger partial charge in [-0.15, -0.1) is 6.58 Å². The van der Waals surface area contributed by atoms with Crippen molar-refractivity contribution in [1.29, 1.82) is 0 Å². The van der Waals surface area contributed by atoms with Crippen molar-refractivity contribution in [3.05, 3.63) is 78.4 Å². The Kier molecular flexibility index (Phi) is 6.39.